The van der Waals surface area contributed by atoms with Gasteiger partial charge >= 0.3 is 0 Å². The van der Waals surface area contributed by atoms with Crippen LogP contribution >= 0.6 is 0 Å². The summed E-state index contributed by atoms with van der Waals surface area (Å²) in [5, 5.41) is 0. The molecule has 0 aromatic carbocycles. The summed E-state index contributed by atoms with van der Waals surface area (Å²) in [4.78, 5) is 0. The van der Waals surface area contributed by atoms with Gasteiger partial charge in [-0.3, -0.25) is 0 Å². The van der Waals surface area contributed by atoms with Crippen molar-refractivity contribution in [2.24, 2.45) is 51.8 Å². The fraction of sp³-hybridized carbons (Fsp3) is 1.00. The minimum atomic E-state index is 0.623. The molecule has 0 spiro atoms. The quantitative estimate of drug-likeness (QED) is 0.571. The molecular formula is C21H36. The van der Waals surface area contributed by atoms with Gasteiger partial charge in [-0.2, -0.15) is 0 Å². The highest BCUT2D eigenvalue weighted by molar-refractivity contribution is 5.23. The maximum atomic E-state index is 2.74. The van der Waals surface area contributed by atoms with Crippen molar-refractivity contribution in [3.63, 3.8) is 0 Å². The normalized spacial score (nSPS) is 64.9. The van der Waals surface area contributed by atoms with Gasteiger partial charge in [-0.25, -0.2) is 0 Å². The zero-order valence-corrected chi connectivity index (χ0v) is 15.2. The largest absolute Gasteiger partial charge is 0.0651 e. The summed E-state index contributed by atoms with van der Waals surface area (Å²) >= 11 is 0. The van der Waals surface area contributed by atoms with Gasteiger partial charge in [0.25, 0.3) is 0 Å². The van der Waals surface area contributed by atoms with Crippen LogP contribution in [0.5, 0.6) is 0 Å². The summed E-state index contributed by atoms with van der Waals surface area (Å²) in [5.41, 5.74) is 1.94. The molecule has 0 aliphatic heterocycles. The lowest BCUT2D eigenvalue weighted by atomic mass is 9.46. The Morgan fingerprint density at radius 3 is 2.19 bits per heavy atom. The van der Waals surface area contributed by atoms with Gasteiger partial charge in [-0.1, -0.05) is 54.4 Å². The van der Waals surface area contributed by atoms with Crippen LogP contribution < -0.4 is 0 Å². The standard InChI is InChI=1S/C21H36/c1-7-15-18-9-13(3)12-20(5)17-11-14(21(18,20)6)10-16(17)19(15,4)8-2/h13-18H,7-12H2,1-6H3. The lowest BCUT2D eigenvalue weighted by Gasteiger charge is -2.59. The second-order valence-electron chi connectivity index (χ2n) is 10.1. The third kappa shape index (κ3) is 1.36. The first-order valence-corrected chi connectivity index (χ1v) is 9.82. The molecule has 0 amide bonds. The maximum Gasteiger partial charge on any atom is -0.0209 e. The molecule has 9 unspecified atom stereocenters. The predicted molar refractivity (Wildman–Crippen MR) is 90.0 cm³/mol. The first-order valence-electron chi connectivity index (χ1n) is 9.82. The van der Waals surface area contributed by atoms with Crippen molar-refractivity contribution in [3.8, 4) is 0 Å². The van der Waals surface area contributed by atoms with Crippen LogP contribution in [0.1, 0.15) is 80.1 Å². The van der Waals surface area contributed by atoms with Gasteiger partial charge in [-0.15, -0.1) is 0 Å². The van der Waals surface area contributed by atoms with Crippen LogP contribution in [0.3, 0.4) is 0 Å². The van der Waals surface area contributed by atoms with Crippen molar-refractivity contribution in [1.29, 1.82) is 0 Å². The van der Waals surface area contributed by atoms with Gasteiger partial charge < -0.3 is 0 Å². The Labute approximate surface area is 132 Å². The van der Waals surface area contributed by atoms with Crippen molar-refractivity contribution < 1.29 is 0 Å². The Morgan fingerprint density at radius 1 is 0.905 bits per heavy atom. The predicted octanol–water partition coefficient (Wildman–Crippen LogP) is 6.16. The highest BCUT2D eigenvalue weighted by Crippen LogP contribution is 2.81. The van der Waals surface area contributed by atoms with Crippen LogP contribution in [-0.2, 0) is 0 Å². The summed E-state index contributed by atoms with van der Waals surface area (Å²) in [7, 11) is 0. The van der Waals surface area contributed by atoms with Crippen LogP contribution in [0, 0.1) is 51.8 Å². The summed E-state index contributed by atoms with van der Waals surface area (Å²) in [6, 6.07) is 0. The topological polar surface area (TPSA) is 0 Å². The molecule has 0 nitrogen and oxygen atoms in total. The second kappa shape index (κ2) is 4.09. The number of rotatable bonds is 2. The molecule has 0 saturated heterocycles. The Kier molecular flexibility index (Phi) is 2.84. The van der Waals surface area contributed by atoms with E-state index in [0.29, 0.717) is 16.2 Å². The van der Waals surface area contributed by atoms with Crippen LogP contribution in [0.15, 0.2) is 0 Å². The molecular weight excluding hydrogens is 252 g/mol. The fourth-order valence-electron chi connectivity index (χ4n) is 9.00. The third-order valence-electron chi connectivity index (χ3n) is 10.0. The smallest absolute Gasteiger partial charge is 0.0209 e. The zero-order chi connectivity index (χ0) is 15.2. The van der Waals surface area contributed by atoms with Crippen molar-refractivity contribution in [3.05, 3.63) is 0 Å². The van der Waals surface area contributed by atoms with E-state index < -0.39 is 0 Å². The maximum absolute atomic E-state index is 2.74. The lowest BCUT2D eigenvalue weighted by molar-refractivity contribution is -0.107. The summed E-state index contributed by atoms with van der Waals surface area (Å²) in [6.45, 7) is 15.7. The minimum absolute atomic E-state index is 0.623. The van der Waals surface area contributed by atoms with Gasteiger partial charge in [0.1, 0.15) is 0 Å². The van der Waals surface area contributed by atoms with Crippen molar-refractivity contribution >= 4 is 0 Å². The molecule has 0 radical (unpaired) electrons. The minimum Gasteiger partial charge on any atom is -0.0651 e. The first-order chi connectivity index (χ1) is 9.82. The summed E-state index contributed by atoms with van der Waals surface area (Å²) in [5.74, 6) is 6.07. The van der Waals surface area contributed by atoms with E-state index in [-0.39, 0.29) is 0 Å². The molecule has 0 aromatic rings. The van der Waals surface area contributed by atoms with Crippen molar-refractivity contribution in [2.75, 3.05) is 0 Å². The molecule has 0 aromatic heterocycles. The van der Waals surface area contributed by atoms with Crippen LogP contribution in [-0.4, -0.2) is 0 Å². The highest BCUT2D eigenvalue weighted by Gasteiger charge is 2.75. The number of hydrogen-bond donors (Lipinski definition) is 0. The van der Waals surface area contributed by atoms with E-state index in [0.717, 1.165) is 35.5 Å². The zero-order valence-electron chi connectivity index (χ0n) is 15.2. The van der Waals surface area contributed by atoms with E-state index >= 15 is 0 Å². The molecule has 9 atom stereocenters. The van der Waals surface area contributed by atoms with E-state index in [4.69, 9.17) is 0 Å². The molecule has 0 heteroatoms. The van der Waals surface area contributed by atoms with E-state index in [1.54, 1.807) is 12.8 Å². The van der Waals surface area contributed by atoms with E-state index in [1.165, 1.54) is 25.7 Å². The summed E-state index contributed by atoms with van der Waals surface area (Å²) < 4.78 is 0. The molecule has 5 saturated carbocycles. The van der Waals surface area contributed by atoms with Crippen molar-refractivity contribution in [1.82, 2.24) is 0 Å². The van der Waals surface area contributed by atoms with Gasteiger partial charge in [0.2, 0.25) is 0 Å². The molecule has 5 aliphatic rings. The average Bonchev–Trinajstić information content (AvgIpc) is 2.94. The lowest BCUT2D eigenvalue weighted by Crippen LogP contribution is -2.52. The molecule has 5 aliphatic carbocycles. The number of fused-ring (bicyclic) bond motifs is 1. The van der Waals surface area contributed by atoms with E-state index in [9.17, 15) is 0 Å². The van der Waals surface area contributed by atoms with Crippen molar-refractivity contribution in [2.45, 2.75) is 80.1 Å². The molecule has 0 heterocycles. The first kappa shape index (κ1) is 14.6. The molecule has 21 heavy (non-hydrogen) atoms. The Bertz CT molecular complexity index is 453. The van der Waals surface area contributed by atoms with E-state index in [1.807, 2.05) is 0 Å². The number of hydrogen-bond acceptors (Lipinski definition) is 0. The average molecular weight is 289 g/mol. The fourth-order valence-corrected chi connectivity index (χ4v) is 9.00. The van der Waals surface area contributed by atoms with Gasteiger partial charge in [0.05, 0.1) is 0 Å². The Balaban J connectivity index is 1.94. The SMILES string of the molecule is CCC1C2CC(C)CC3(C)C4CC(CC4C1(C)CC)C23C. The Hall–Kier alpha value is 0. The third-order valence-corrected chi connectivity index (χ3v) is 10.0. The van der Waals surface area contributed by atoms with Crippen LogP contribution in [0.25, 0.3) is 0 Å². The molecule has 5 fully saturated rings. The van der Waals surface area contributed by atoms with Crippen LogP contribution in [0.2, 0.25) is 0 Å². The second-order valence-corrected chi connectivity index (χ2v) is 10.1. The highest BCUT2D eigenvalue weighted by atomic mass is 14.8. The molecule has 5 rings (SSSR count). The molecule has 0 N–H and O–H groups in total. The van der Waals surface area contributed by atoms with E-state index in [2.05, 4.69) is 41.5 Å². The molecule has 6 bridgehead atoms. The Morgan fingerprint density at radius 2 is 1.57 bits per heavy atom. The van der Waals surface area contributed by atoms with Gasteiger partial charge in [0, 0.05) is 0 Å². The monoisotopic (exact) mass is 288 g/mol. The van der Waals surface area contributed by atoms with Gasteiger partial charge in [0.15, 0.2) is 0 Å². The van der Waals surface area contributed by atoms with Gasteiger partial charge in [-0.05, 0) is 77.4 Å². The molecule has 120 valence electrons. The summed E-state index contributed by atoms with van der Waals surface area (Å²) in [6.07, 6.45) is 9.03. The van der Waals surface area contributed by atoms with Crippen LogP contribution in [0.4, 0.5) is 0 Å².